The van der Waals surface area contributed by atoms with E-state index in [2.05, 4.69) is 10.6 Å². The Balaban J connectivity index is 1.85. The van der Waals surface area contributed by atoms with E-state index in [-0.39, 0.29) is 30.2 Å². The van der Waals surface area contributed by atoms with Crippen molar-refractivity contribution >= 4 is 17.9 Å². The molecule has 0 saturated carbocycles. The van der Waals surface area contributed by atoms with Crippen LogP contribution in [0.4, 0.5) is 4.79 Å². The molecule has 10 nitrogen and oxygen atoms in total. The van der Waals surface area contributed by atoms with Crippen molar-refractivity contribution in [3.8, 4) is 17.2 Å². The number of nitrogens with one attached hydrogen (secondary N) is 2. The summed E-state index contributed by atoms with van der Waals surface area (Å²) >= 11 is 0. The molecule has 0 aromatic heterocycles. The number of hydrogen-bond donors (Lipinski definition) is 2. The van der Waals surface area contributed by atoms with Crippen molar-refractivity contribution in [2.24, 2.45) is 0 Å². The second-order valence-electron chi connectivity index (χ2n) is 6.62. The lowest BCUT2D eigenvalue weighted by atomic mass is 10.1. The fourth-order valence-corrected chi connectivity index (χ4v) is 3.17. The molecule has 166 valence electrons. The first-order valence-corrected chi connectivity index (χ1v) is 9.72. The Morgan fingerprint density at radius 3 is 2.13 bits per heavy atom. The van der Waals surface area contributed by atoms with Crippen molar-refractivity contribution in [1.29, 1.82) is 0 Å². The molecule has 30 heavy (non-hydrogen) atoms. The van der Waals surface area contributed by atoms with Gasteiger partial charge in [-0.15, -0.1) is 0 Å². The van der Waals surface area contributed by atoms with Crippen LogP contribution in [0.25, 0.3) is 0 Å². The summed E-state index contributed by atoms with van der Waals surface area (Å²) in [4.78, 5) is 38.0. The standard InChI is InChI=1S/C20H29N3O7/c1-5-30-20(26)23-8-6-14(7-9-23)22-17(24)12-21-19(25)13-10-15(27-2)18(29-4)16(11-13)28-3/h10-11,14H,5-9,12H2,1-4H3,(H,21,25)(H,22,24). The number of ether oxygens (including phenoxy) is 4. The zero-order valence-corrected chi connectivity index (χ0v) is 17.8. The topological polar surface area (TPSA) is 115 Å². The zero-order chi connectivity index (χ0) is 22.1. The van der Waals surface area contributed by atoms with Crippen LogP contribution < -0.4 is 24.8 Å². The molecule has 0 unspecified atom stereocenters. The van der Waals surface area contributed by atoms with E-state index in [1.165, 1.54) is 33.5 Å². The first kappa shape index (κ1) is 23.1. The van der Waals surface area contributed by atoms with Gasteiger partial charge in [-0.05, 0) is 31.9 Å². The fourth-order valence-electron chi connectivity index (χ4n) is 3.17. The first-order valence-electron chi connectivity index (χ1n) is 9.72. The number of hydrogen-bond acceptors (Lipinski definition) is 7. The van der Waals surface area contributed by atoms with Crippen LogP contribution in [0.15, 0.2) is 12.1 Å². The van der Waals surface area contributed by atoms with Crippen molar-refractivity contribution < 1.29 is 33.3 Å². The van der Waals surface area contributed by atoms with Crippen molar-refractivity contribution in [2.75, 3.05) is 47.6 Å². The summed E-state index contributed by atoms with van der Waals surface area (Å²) < 4.78 is 20.7. The smallest absolute Gasteiger partial charge is 0.409 e. The van der Waals surface area contributed by atoms with Crippen LogP contribution in [-0.4, -0.2) is 76.4 Å². The summed E-state index contributed by atoms with van der Waals surface area (Å²) in [7, 11) is 4.39. The number of methoxy groups -OCH3 is 3. The van der Waals surface area contributed by atoms with E-state index < -0.39 is 5.91 Å². The molecule has 10 heteroatoms. The molecule has 0 aliphatic carbocycles. The maximum absolute atomic E-state index is 12.5. The van der Waals surface area contributed by atoms with Gasteiger partial charge in [0.15, 0.2) is 11.5 Å². The normalized spacial score (nSPS) is 13.9. The molecule has 1 saturated heterocycles. The monoisotopic (exact) mass is 423 g/mol. The predicted molar refractivity (Wildman–Crippen MR) is 108 cm³/mol. The summed E-state index contributed by atoms with van der Waals surface area (Å²) in [5.74, 6) is 0.329. The summed E-state index contributed by atoms with van der Waals surface area (Å²) in [6.07, 6.45) is 0.927. The van der Waals surface area contributed by atoms with Crippen molar-refractivity contribution in [3.05, 3.63) is 17.7 Å². The molecule has 1 aliphatic rings. The Bertz CT molecular complexity index is 736. The highest BCUT2D eigenvalue weighted by molar-refractivity contribution is 5.97. The second-order valence-corrected chi connectivity index (χ2v) is 6.62. The summed E-state index contributed by atoms with van der Waals surface area (Å²) in [5.41, 5.74) is 0.278. The van der Waals surface area contributed by atoms with Gasteiger partial charge in [-0.25, -0.2) is 4.79 Å². The van der Waals surface area contributed by atoms with Crippen molar-refractivity contribution in [3.63, 3.8) is 0 Å². The zero-order valence-electron chi connectivity index (χ0n) is 17.8. The van der Waals surface area contributed by atoms with Gasteiger partial charge in [0.1, 0.15) is 0 Å². The third-order valence-electron chi connectivity index (χ3n) is 4.72. The van der Waals surface area contributed by atoms with E-state index in [1.54, 1.807) is 11.8 Å². The highest BCUT2D eigenvalue weighted by atomic mass is 16.6. The molecule has 1 fully saturated rings. The molecular weight excluding hydrogens is 394 g/mol. The van der Waals surface area contributed by atoms with Crippen LogP contribution in [-0.2, 0) is 9.53 Å². The molecule has 1 aliphatic heterocycles. The molecule has 2 rings (SSSR count). The van der Waals surface area contributed by atoms with Gasteiger partial charge in [0.25, 0.3) is 5.91 Å². The van der Waals surface area contributed by atoms with Crippen LogP contribution in [0.5, 0.6) is 17.2 Å². The minimum absolute atomic E-state index is 0.0544. The largest absolute Gasteiger partial charge is 0.493 e. The number of carbonyl (C=O) groups excluding carboxylic acids is 3. The lowest BCUT2D eigenvalue weighted by Crippen LogP contribution is -2.48. The van der Waals surface area contributed by atoms with E-state index in [9.17, 15) is 14.4 Å². The predicted octanol–water partition coefficient (Wildman–Crippen LogP) is 1.18. The minimum Gasteiger partial charge on any atom is -0.493 e. The average Bonchev–Trinajstić information content (AvgIpc) is 2.76. The third-order valence-corrected chi connectivity index (χ3v) is 4.72. The molecule has 1 aromatic carbocycles. The number of rotatable bonds is 8. The van der Waals surface area contributed by atoms with E-state index in [4.69, 9.17) is 18.9 Å². The lowest BCUT2D eigenvalue weighted by Gasteiger charge is -2.31. The first-order chi connectivity index (χ1) is 14.4. The highest BCUT2D eigenvalue weighted by Gasteiger charge is 2.24. The second kappa shape index (κ2) is 11.1. The molecule has 0 atom stereocenters. The van der Waals surface area contributed by atoms with Gasteiger partial charge in [-0.3, -0.25) is 9.59 Å². The summed E-state index contributed by atoms with van der Waals surface area (Å²) in [6, 6.07) is 2.97. The lowest BCUT2D eigenvalue weighted by molar-refractivity contribution is -0.121. The van der Waals surface area contributed by atoms with Gasteiger partial charge in [-0.2, -0.15) is 0 Å². The Morgan fingerprint density at radius 1 is 1.03 bits per heavy atom. The van der Waals surface area contributed by atoms with Crippen LogP contribution >= 0.6 is 0 Å². The average molecular weight is 423 g/mol. The van der Waals surface area contributed by atoms with Gasteiger partial charge in [-0.1, -0.05) is 0 Å². The maximum atomic E-state index is 12.5. The Kier molecular flexibility index (Phi) is 8.57. The quantitative estimate of drug-likeness (QED) is 0.645. The summed E-state index contributed by atoms with van der Waals surface area (Å²) in [5, 5.41) is 5.46. The van der Waals surface area contributed by atoms with E-state index >= 15 is 0 Å². The van der Waals surface area contributed by atoms with Gasteiger partial charge < -0.3 is 34.5 Å². The number of amides is 3. The molecular formula is C20H29N3O7. The number of likely N-dealkylation sites (tertiary alicyclic amines) is 1. The molecule has 1 aromatic rings. The fraction of sp³-hybridized carbons (Fsp3) is 0.550. The Labute approximate surface area is 175 Å². The number of nitrogens with zero attached hydrogens (tertiary/aromatic N) is 1. The van der Waals surface area contributed by atoms with Gasteiger partial charge in [0.05, 0.1) is 34.5 Å². The van der Waals surface area contributed by atoms with E-state index in [1.807, 2.05) is 0 Å². The molecule has 2 N–H and O–H groups in total. The SMILES string of the molecule is CCOC(=O)N1CCC(NC(=O)CNC(=O)c2cc(OC)c(OC)c(OC)c2)CC1. The van der Waals surface area contributed by atoms with E-state index in [0.717, 1.165) is 0 Å². The van der Waals surface area contributed by atoms with Gasteiger partial charge >= 0.3 is 6.09 Å². The molecule has 0 bridgehead atoms. The van der Waals surface area contributed by atoms with Crippen LogP contribution in [0.3, 0.4) is 0 Å². The summed E-state index contributed by atoms with van der Waals surface area (Å²) in [6.45, 7) is 2.95. The third kappa shape index (κ3) is 5.91. The molecule has 0 radical (unpaired) electrons. The Hall–Kier alpha value is -3.17. The van der Waals surface area contributed by atoms with Crippen LogP contribution in [0, 0.1) is 0 Å². The number of carbonyl (C=O) groups is 3. The Morgan fingerprint density at radius 2 is 1.63 bits per heavy atom. The van der Waals surface area contributed by atoms with Crippen LogP contribution in [0.2, 0.25) is 0 Å². The van der Waals surface area contributed by atoms with Crippen LogP contribution in [0.1, 0.15) is 30.1 Å². The number of piperidine rings is 1. The maximum Gasteiger partial charge on any atom is 0.409 e. The number of benzene rings is 1. The van der Waals surface area contributed by atoms with Gasteiger partial charge in [0, 0.05) is 24.7 Å². The highest BCUT2D eigenvalue weighted by Crippen LogP contribution is 2.38. The van der Waals surface area contributed by atoms with Gasteiger partial charge in [0.2, 0.25) is 11.7 Å². The van der Waals surface area contributed by atoms with Crippen molar-refractivity contribution in [2.45, 2.75) is 25.8 Å². The van der Waals surface area contributed by atoms with E-state index in [0.29, 0.717) is 49.8 Å². The molecule has 1 heterocycles. The minimum atomic E-state index is -0.443. The molecule has 0 spiro atoms. The van der Waals surface area contributed by atoms with Crippen molar-refractivity contribution in [1.82, 2.24) is 15.5 Å². The molecule has 3 amide bonds.